The van der Waals surface area contributed by atoms with E-state index >= 15 is 0 Å². The summed E-state index contributed by atoms with van der Waals surface area (Å²) in [6, 6.07) is 3.16. The molecule has 0 radical (unpaired) electrons. The fraction of sp³-hybridized carbons (Fsp3) is 0.533. The lowest BCUT2D eigenvalue weighted by molar-refractivity contribution is 0.241. The second-order valence-electron chi connectivity index (χ2n) is 5.04. The summed E-state index contributed by atoms with van der Waals surface area (Å²) in [6.45, 7) is 6.78. The maximum atomic E-state index is 13.7. The molecular weight excluding hydrogens is 403 g/mol. The van der Waals surface area contributed by atoms with E-state index in [1.165, 1.54) is 12.1 Å². The molecular formula is C15H24F2IN3O. The Balaban J connectivity index is 0.00000441. The molecule has 3 N–H and O–H groups in total. The van der Waals surface area contributed by atoms with E-state index in [4.69, 9.17) is 5.11 Å². The number of nitrogens with one attached hydrogen (secondary N) is 2. The quantitative estimate of drug-likeness (QED) is 0.372. The van der Waals surface area contributed by atoms with Gasteiger partial charge in [-0.1, -0.05) is 13.0 Å². The molecule has 0 saturated carbocycles. The Bertz CT molecular complexity index is 486. The van der Waals surface area contributed by atoms with Crippen molar-refractivity contribution in [2.75, 3.05) is 19.7 Å². The van der Waals surface area contributed by atoms with Crippen LogP contribution in [0.5, 0.6) is 0 Å². The van der Waals surface area contributed by atoms with Gasteiger partial charge in [-0.15, -0.1) is 24.0 Å². The van der Waals surface area contributed by atoms with Gasteiger partial charge >= 0.3 is 0 Å². The Labute approximate surface area is 147 Å². The minimum Gasteiger partial charge on any atom is -0.396 e. The van der Waals surface area contributed by atoms with E-state index in [0.29, 0.717) is 24.6 Å². The number of aliphatic hydroxyl groups excluding tert-OH is 1. The van der Waals surface area contributed by atoms with Gasteiger partial charge in [-0.25, -0.2) is 8.78 Å². The van der Waals surface area contributed by atoms with Crippen LogP contribution in [0.25, 0.3) is 0 Å². The molecule has 2 unspecified atom stereocenters. The highest BCUT2D eigenvalue weighted by molar-refractivity contribution is 14.0. The van der Waals surface area contributed by atoms with Crippen molar-refractivity contribution in [3.63, 3.8) is 0 Å². The topological polar surface area (TPSA) is 56.7 Å². The summed E-state index contributed by atoms with van der Waals surface area (Å²) in [6.07, 6.45) is 0. The predicted molar refractivity (Wildman–Crippen MR) is 95.6 cm³/mol. The van der Waals surface area contributed by atoms with Crippen LogP contribution in [0.1, 0.15) is 32.4 Å². The molecule has 0 saturated heterocycles. The van der Waals surface area contributed by atoms with Gasteiger partial charge in [0.1, 0.15) is 11.6 Å². The zero-order chi connectivity index (χ0) is 15.8. The molecule has 0 aliphatic carbocycles. The van der Waals surface area contributed by atoms with Crippen LogP contribution in [0, 0.1) is 17.6 Å². The molecule has 0 aliphatic heterocycles. The maximum Gasteiger partial charge on any atom is 0.191 e. The highest BCUT2D eigenvalue weighted by Crippen LogP contribution is 2.17. The van der Waals surface area contributed by atoms with Crippen molar-refractivity contribution < 1.29 is 13.9 Å². The Morgan fingerprint density at radius 2 is 2.00 bits per heavy atom. The van der Waals surface area contributed by atoms with E-state index < -0.39 is 11.6 Å². The molecule has 7 heteroatoms. The SMILES string of the molecule is CCNC(=NCC(C)CO)NC(C)c1ccc(F)cc1F.I. The van der Waals surface area contributed by atoms with Crippen LogP contribution in [0.4, 0.5) is 8.78 Å². The molecule has 0 spiro atoms. The average molecular weight is 427 g/mol. The van der Waals surface area contributed by atoms with Gasteiger partial charge in [0, 0.05) is 31.3 Å². The molecule has 126 valence electrons. The minimum absolute atomic E-state index is 0. The van der Waals surface area contributed by atoms with Crippen LogP contribution in [0.2, 0.25) is 0 Å². The van der Waals surface area contributed by atoms with Crippen LogP contribution in [0.3, 0.4) is 0 Å². The molecule has 0 amide bonds. The molecule has 0 heterocycles. The molecule has 2 atom stereocenters. The lowest BCUT2D eigenvalue weighted by Gasteiger charge is -2.19. The third kappa shape index (κ3) is 6.87. The minimum atomic E-state index is -0.596. The summed E-state index contributed by atoms with van der Waals surface area (Å²) in [5, 5.41) is 15.1. The summed E-state index contributed by atoms with van der Waals surface area (Å²) in [4.78, 5) is 4.33. The normalized spacial score (nSPS) is 14.0. The maximum absolute atomic E-state index is 13.7. The summed E-state index contributed by atoms with van der Waals surface area (Å²) in [7, 11) is 0. The van der Waals surface area contributed by atoms with Crippen molar-refractivity contribution in [1.82, 2.24) is 10.6 Å². The summed E-state index contributed by atoms with van der Waals surface area (Å²) < 4.78 is 26.7. The molecule has 4 nitrogen and oxygen atoms in total. The van der Waals surface area contributed by atoms with Crippen LogP contribution >= 0.6 is 24.0 Å². The number of nitrogens with zero attached hydrogens (tertiary/aromatic N) is 1. The van der Waals surface area contributed by atoms with Gasteiger partial charge in [-0.05, 0) is 25.8 Å². The van der Waals surface area contributed by atoms with Gasteiger partial charge in [0.25, 0.3) is 0 Å². The van der Waals surface area contributed by atoms with E-state index in [-0.39, 0.29) is 42.5 Å². The second kappa shape index (κ2) is 10.7. The van der Waals surface area contributed by atoms with Crippen LogP contribution in [-0.2, 0) is 0 Å². The Hall–Kier alpha value is -0.960. The molecule has 0 bridgehead atoms. The van der Waals surface area contributed by atoms with Gasteiger partial charge in [-0.2, -0.15) is 0 Å². The zero-order valence-corrected chi connectivity index (χ0v) is 15.4. The van der Waals surface area contributed by atoms with E-state index in [1.807, 2.05) is 13.8 Å². The third-order valence-corrected chi connectivity index (χ3v) is 3.00. The Kier molecular flexibility index (Phi) is 10.2. The average Bonchev–Trinajstić information content (AvgIpc) is 2.44. The Morgan fingerprint density at radius 3 is 2.55 bits per heavy atom. The highest BCUT2D eigenvalue weighted by atomic mass is 127. The van der Waals surface area contributed by atoms with Gasteiger partial charge in [0.15, 0.2) is 5.96 Å². The first-order chi connectivity index (χ1) is 9.97. The van der Waals surface area contributed by atoms with Crippen molar-refractivity contribution in [1.29, 1.82) is 0 Å². The molecule has 0 aromatic heterocycles. The summed E-state index contributed by atoms with van der Waals surface area (Å²) in [5.74, 6) is -0.595. The zero-order valence-electron chi connectivity index (χ0n) is 13.1. The van der Waals surface area contributed by atoms with Crippen molar-refractivity contribution in [3.05, 3.63) is 35.4 Å². The second-order valence-corrected chi connectivity index (χ2v) is 5.04. The van der Waals surface area contributed by atoms with Crippen LogP contribution in [-0.4, -0.2) is 30.8 Å². The monoisotopic (exact) mass is 427 g/mol. The van der Waals surface area contributed by atoms with Crippen LogP contribution in [0.15, 0.2) is 23.2 Å². The number of aliphatic imine (C=N–C) groups is 1. The van der Waals surface area contributed by atoms with E-state index in [0.717, 1.165) is 6.07 Å². The number of aliphatic hydroxyl groups is 1. The first-order valence-corrected chi connectivity index (χ1v) is 7.08. The van der Waals surface area contributed by atoms with E-state index in [9.17, 15) is 8.78 Å². The standard InChI is InChI=1S/C15H23F2N3O.HI/c1-4-18-15(19-8-10(2)9-21)20-11(3)13-6-5-12(16)7-14(13)17;/h5-7,10-11,21H,4,8-9H2,1-3H3,(H2,18,19,20);1H. The lowest BCUT2D eigenvalue weighted by atomic mass is 10.1. The van der Waals surface area contributed by atoms with E-state index in [1.54, 1.807) is 6.92 Å². The number of rotatable bonds is 6. The number of benzene rings is 1. The summed E-state index contributed by atoms with van der Waals surface area (Å²) in [5.41, 5.74) is 0.372. The Morgan fingerprint density at radius 1 is 1.32 bits per heavy atom. The predicted octanol–water partition coefficient (Wildman–Crippen LogP) is 2.83. The molecule has 1 aromatic rings. The third-order valence-electron chi connectivity index (χ3n) is 3.00. The van der Waals surface area contributed by atoms with Gasteiger partial charge in [-0.3, -0.25) is 4.99 Å². The van der Waals surface area contributed by atoms with Gasteiger partial charge < -0.3 is 15.7 Å². The van der Waals surface area contributed by atoms with Crippen LogP contribution < -0.4 is 10.6 Å². The number of hydrogen-bond donors (Lipinski definition) is 3. The van der Waals surface area contributed by atoms with Gasteiger partial charge in [0.05, 0.1) is 6.04 Å². The molecule has 0 fully saturated rings. The van der Waals surface area contributed by atoms with Gasteiger partial charge in [0.2, 0.25) is 0 Å². The fourth-order valence-corrected chi connectivity index (χ4v) is 1.76. The first-order valence-electron chi connectivity index (χ1n) is 7.08. The molecule has 1 aromatic carbocycles. The van der Waals surface area contributed by atoms with E-state index in [2.05, 4.69) is 15.6 Å². The molecule has 0 aliphatic rings. The number of hydrogen-bond acceptors (Lipinski definition) is 2. The highest BCUT2D eigenvalue weighted by Gasteiger charge is 2.13. The van der Waals surface area contributed by atoms with Crippen molar-refractivity contribution >= 4 is 29.9 Å². The van der Waals surface area contributed by atoms with Crippen molar-refractivity contribution in [2.24, 2.45) is 10.9 Å². The molecule has 22 heavy (non-hydrogen) atoms. The van der Waals surface area contributed by atoms with Crippen molar-refractivity contribution in [2.45, 2.75) is 26.8 Å². The lowest BCUT2D eigenvalue weighted by Crippen LogP contribution is -2.39. The first kappa shape index (κ1) is 21.0. The molecule has 1 rings (SSSR count). The largest absolute Gasteiger partial charge is 0.396 e. The van der Waals surface area contributed by atoms with Crippen molar-refractivity contribution in [3.8, 4) is 0 Å². The number of guanidine groups is 1. The smallest absolute Gasteiger partial charge is 0.191 e. The summed E-state index contributed by atoms with van der Waals surface area (Å²) >= 11 is 0. The fourth-order valence-electron chi connectivity index (χ4n) is 1.76. The number of halogens is 3.